The van der Waals surface area contributed by atoms with Crippen molar-refractivity contribution in [2.45, 2.75) is 13.8 Å². The summed E-state index contributed by atoms with van der Waals surface area (Å²) >= 11 is 0. The Morgan fingerprint density at radius 1 is 0.389 bits per heavy atom. The van der Waals surface area contributed by atoms with Crippen LogP contribution in [0.3, 0.4) is 0 Å². The molecular weight excluding hydrogens is 432 g/mol. The van der Waals surface area contributed by atoms with E-state index in [4.69, 9.17) is 0 Å². The van der Waals surface area contributed by atoms with Crippen LogP contribution >= 0.6 is 0 Å². The zero-order chi connectivity index (χ0) is 24.0. The van der Waals surface area contributed by atoms with Gasteiger partial charge in [0.1, 0.15) is 0 Å². The third-order valence-corrected chi connectivity index (χ3v) is 8.15. The van der Waals surface area contributed by atoms with Gasteiger partial charge in [0.2, 0.25) is 0 Å². The molecule has 0 bridgehead atoms. The lowest BCUT2D eigenvalue weighted by Crippen LogP contribution is -1.93. The fourth-order valence-electron chi connectivity index (χ4n) is 6.65. The monoisotopic (exact) mass is 456 g/mol. The molecule has 0 fully saturated rings. The first-order valence-electron chi connectivity index (χ1n) is 12.7. The van der Waals surface area contributed by atoms with E-state index < -0.39 is 0 Å². The van der Waals surface area contributed by atoms with E-state index in [0.717, 1.165) is 0 Å². The van der Waals surface area contributed by atoms with Gasteiger partial charge >= 0.3 is 0 Å². The number of fused-ring (bicyclic) bond motifs is 5. The average Bonchev–Trinajstić information content (AvgIpc) is 2.91. The molecule has 8 rings (SSSR count). The summed E-state index contributed by atoms with van der Waals surface area (Å²) in [5, 5.41) is 16.1. The Hall–Kier alpha value is -4.42. The molecule has 0 heterocycles. The average molecular weight is 457 g/mol. The molecule has 36 heavy (non-hydrogen) atoms. The fraction of sp³-hybridized carbons (Fsp3) is 0.0556. The van der Waals surface area contributed by atoms with E-state index in [-0.39, 0.29) is 0 Å². The van der Waals surface area contributed by atoms with Gasteiger partial charge < -0.3 is 0 Å². The summed E-state index contributed by atoms with van der Waals surface area (Å²) in [4.78, 5) is 0. The molecule has 0 amide bonds. The number of benzene rings is 8. The van der Waals surface area contributed by atoms with Crippen LogP contribution in [0, 0.1) is 13.8 Å². The van der Waals surface area contributed by atoms with Crippen LogP contribution in [0.1, 0.15) is 11.1 Å². The van der Waals surface area contributed by atoms with Gasteiger partial charge in [-0.05, 0) is 95.2 Å². The van der Waals surface area contributed by atoms with Gasteiger partial charge in [-0.1, -0.05) is 115 Å². The van der Waals surface area contributed by atoms with Gasteiger partial charge in [0.15, 0.2) is 0 Å². The number of aryl methyl sites for hydroxylation is 2. The first-order chi connectivity index (χ1) is 17.7. The van der Waals surface area contributed by atoms with Crippen molar-refractivity contribution in [2.24, 2.45) is 0 Å². The van der Waals surface area contributed by atoms with E-state index in [1.54, 1.807) is 0 Å². The van der Waals surface area contributed by atoms with Crippen LogP contribution < -0.4 is 0 Å². The van der Waals surface area contributed by atoms with Crippen LogP contribution in [-0.4, -0.2) is 0 Å². The summed E-state index contributed by atoms with van der Waals surface area (Å²) in [6.07, 6.45) is 0. The number of rotatable bonds is 1. The molecule has 0 aliphatic carbocycles. The van der Waals surface area contributed by atoms with E-state index in [9.17, 15) is 0 Å². The maximum atomic E-state index is 2.34. The molecule has 0 aromatic heterocycles. The van der Waals surface area contributed by atoms with Crippen molar-refractivity contribution in [1.82, 2.24) is 0 Å². The predicted octanol–water partition coefficient (Wildman–Crippen LogP) is 10.3. The highest BCUT2D eigenvalue weighted by molar-refractivity contribution is 6.41. The molecule has 0 saturated carbocycles. The maximum Gasteiger partial charge on any atom is -0.00136 e. The van der Waals surface area contributed by atoms with Gasteiger partial charge in [-0.25, -0.2) is 0 Å². The third-order valence-electron chi connectivity index (χ3n) is 8.15. The molecule has 0 aliphatic heterocycles. The second kappa shape index (κ2) is 7.06. The van der Waals surface area contributed by atoms with Gasteiger partial charge in [-0.3, -0.25) is 0 Å². The predicted molar refractivity (Wildman–Crippen MR) is 158 cm³/mol. The molecule has 0 heteroatoms. The Balaban J connectivity index is 1.73. The van der Waals surface area contributed by atoms with Gasteiger partial charge in [0.05, 0.1) is 0 Å². The lowest BCUT2D eigenvalue weighted by Gasteiger charge is -2.21. The molecule has 0 saturated heterocycles. The van der Waals surface area contributed by atoms with Crippen molar-refractivity contribution >= 4 is 64.6 Å². The van der Waals surface area contributed by atoms with E-state index in [0.29, 0.717) is 0 Å². The smallest absolute Gasteiger partial charge is 0.00136 e. The Kier molecular flexibility index (Phi) is 3.89. The third kappa shape index (κ3) is 2.49. The van der Waals surface area contributed by atoms with Crippen LogP contribution in [0.15, 0.2) is 109 Å². The first kappa shape index (κ1) is 19.8. The molecule has 0 radical (unpaired) electrons. The van der Waals surface area contributed by atoms with E-state index in [1.165, 1.54) is 86.9 Å². The summed E-state index contributed by atoms with van der Waals surface area (Å²) in [5.41, 5.74) is 5.28. The molecule has 168 valence electrons. The van der Waals surface area contributed by atoms with E-state index in [2.05, 4.69) is 123 Å². The summed E-state index contributed by atoms with van der Waals surface area (Å²) in [6, 6.07) is 40.8. The highest BCUT2D eigenvalue weighted by atomic mass is 14.2. The van der Waals surface area contributed by atoms with Crippen molar-refractivity contribution in [1.29, 1.82) is 0 Å². The minimum atomic E-state index is 1.29. The van der Waals surface area contributed by atoms with Crippen molar-refractivity contribution in [3.63, 3.8) is 0 Å². The Bertz CT molecular complexity index is 2160. The van der Waals surface area contributed by atoms with E-state index >= 15 is 0 Å². The van der Waals surface area contributed by atoms with Crippen molar-refractivity contribution in [2.75, 3.05) is 0 Å². The van der Waals surface area contributed by atoms with Crippen LogP contribution in [-0.2, 0) is 0 Å². The van der Waals surface area contributed by atoms with Crippen LogP contribution in [0.5, 0.6) is 0 Å². The van der Waals surface area contributed by atoms with E-state index in [1.807, 2.05) is 0 Å². The van der Waals surface area contributed by atoms with Gasteiger partial charge in [0.25, 0.3) is 0 Å². The number of hydrogen-bond donors (Lipinski definition) is 0. The summed E-state index contributed by atoms with van der Waals surface area (Å²) in [7, 11) is 0. The molecule has 8 aromatic carbocycles. The van der Waals surface area contributed by atoms with Crippen molar-refractivity contribution < 1.29 is 0 Å². The Morgan fingerprint density at radius 3 is 1.92 bits per heavy atom. The van der Waals surface area contributed by atoms with Crippen molar-refractivity contribution in [3.8, 4) is 11.1 Å². The second-order valence-electron chi connectivity index (χ2n) is 10.2. The summed E-state index contributed by atoms with van der Waals surface area (Å²) < 4.78 is 0. The summed E-state index contributed by atoms with van der Waals surface area (Å²) in [5.74, 6) is 0. The van der Waals surface area contributed by atoms with Crippen LogP contribution in [0.4, 0.5) is 0 Å². The molecule has 0 unspecified atom stereocenters. The normalized spacial score (nSPS) is 12.2. The lowest BCUT2D eigenvalue weighted by atomic mass is 9.82. The van der Waals surface area contributed by atoms with Crippen LogP contribution in [0.2, 0.25) is 0 Å². The largest absolute Gasteiger partial charge is 0.0616 e. The van der Waals surface area contributed by atoms with Gasteiger partial charge in [-0.2, -0.15) is 0 Å². The molecule has 0 N–H and O–H groups in total. The van der Waals surface area contributed by atoms with Gasteiger partial charge in [-0.15, -0.1) is 0 Å². The second-order valence-corrected chi connectivity index (χ2v) is 10.2. The highest BCUT2D eigenvalue weighted by Crippen LogP contribution is 2.49. The molecule has 0 atom stereocenters. The molecule has 0 spiro atoms. The quantitative estimate of drug-likeness (QED) is 0.170. The first-order valence-corrected chi connectivity index (χ1v) is 12.7. The highest BCUT2D eigenvalue weighted by Gasteiger charge is 2.20. The molecule has 0 aliphatic rings. The lowest BCUT2D eigenvalue weighted by molar-refractivity contribution is 1.51. The molecular formula is C36H24. The number of hydrogen-bond acceptors (Lipinski definition) is 0. The summed E-state index contributed by atoms with van der Waals surface area (Å²) in [6.45, 7) is 4.44. The minimum Gasteiger partial charge on any atom is -0.0616 e. The van der Waals surface area contributed by atoms with Crippen molar-refractivity contribution in [3.05, 3.63) is 120 Å². The molecule has 8 aromatic rings. The minimum absolute atomic E-state index is 1.29. The standard InChI is InChI=1S/C36H24/c1-21-16-18-23-8-5-12-27(31(23)20-21)34-25-10-3-4-11-26(25)35-29-13-6-9-24-19-17-22(2)32(33(24)29)28-14-7-15-30(34)36(28)35/h3-20H,1-2H3. The Labute approximate surface area is 209 Å². The Morgan fingerprint density at radius 2 is 1.03 bits per heavy atom. The maximum absolute atomic E-state index is 2.34. The zero-order valence-electron chi connectivity index (χ0n) is 20.4. The SMILES string of the molecule is Cc1ccc2cccc(-c3c4ccccc4c4c5cccc6ccc(C)c(c7cccc3c74)c65)c2c1. The molecule has 0 nitrogen and oxygen atoms in total. The van der Waals surface area contributed by atoms with Gasteiger partial charge in [0, 0.05) is 0 Å². The topological polar surface area (TPSA) is 0 Å². The fourth-order valence-corrected chi connectivity index (χ4v) is 6.65. The van der Waals surface area contributed by atoms with Crippen LogP contribution in [0.25, 0.3) is 75.8 Å². The zero-order valence-corrected chi connectivity index (χ0v) is 20.4.